The zero-order valence-corrected chi connectivity index (χ0v) is 13.5. The number of thiocarbonyl (C=S) groups is 1. The second-order valence-corrected chi connectivity index (χ2v) is 5.91. The van der Waals surface area contributed by atoms with Gasteiger partial charge in [0.1, 0.15) is 0 Å². The summed E-state index contributed by atoms with van der Waals surface area (Å²) >= 11 is 6.49. The molecule has 20 heavy (non-hydrogen) atoms. The molecule has 0 fully saturated rings. The van der Waals surface area contributed by atoms with Gasteiger partial charge in [-0.15, -0.1) is 11.3 Å². The molecular weight excluding hydrogens is 292 g/mol. The van der Waals surface area contributed by atoms with Gasteiger partial charge < -0.3 is 21.7 Å². The van der Waals surface area contributed by atoms with Crippen molar-refractivity contribution in [3.05, 3.63) is 11.1 Å². The summed E-state index contributed by atoms with van der Waals surface area (Å²) in [5.74, 6) is 0.484. The number of thiazole rings is 1. The van der Waals surface area contributed by atoms with E-state index in [1.807, 2.05) is 12.4 Å². The van der Waals surface area contributed by atoms with Gasteiger partial charge in [-0.25, -0.2) is 4.98 Å². The molecule has 0 aliphatic heterocycles. The quantitative estimate of drug-likeness (QED) is 0.227. The van der Waals surface area contributed by atoms with Gasteiger partial charge in [-0.1, -0.05) is 6.92 Å². The van der Waals surface area contributed by atoms with Gasteiger partial charge in [0.2, 0.25) is 0 Å². The van der Waals surface area contributed by atoms with E-state index in [1.165, 1.54) is 11.3 Å². The van der Waals surface area contributed by atoms with Crippen molar-refractivity contribution in [1.29, 1.82) is 5.41 Å². The molecule has 0 saturated carbocycles. The standard InChI is InChI=1S/C12H22N6S2/c1-8(4-3-5-16-11(19)15-2)6-9-7-20-12(17-9)18-10(13)14/h7-8H,3-6H2,1-2H3,(H2,15,16,19)(H4,13,14,17,18)/p+1. The van der Waals surface area contributed by atoms with E-state index in [1.54, 1.807) is 0 Å². The third-order valence-electron chi connectivity index (χ3n) is 2.74. The van der Waals surface area contributed by atoms with Gasteiger partial charge in [0.25, 0.3) is 0 Å². The van der Waals surface area contributed by atoms with Gasteiger partial charge >= 0.3 is 1.43 Å². The van der Waals surface area contributed by atoms with Gasteiger partial charge in [-0.05, 0) is 37.4 Å². The molecule has 0 amide bonds. The third kappa shape index (κ3) is 6.67. The Balaban J connectivity index is 0.00000400. The lowest BCUT2D eigenvalue weighted by molar-refractivity contribution is 0.501. The second-order valence-electron chi connectivity index (χ2n) is 4.64. The van der Waals surface area contributed by atoms with Crippen LogP contribution in [0.3, 0.4) is 0 Å². The van der Waals surface area contributed by atoms with Crippen LogP contribution in [0, 0.1) is 11.3 Å². The number of nitrogens with zero attached hydrogens (tertiary/aromatic N) is 1. The molecule has 0 aliphatic carbocycles. The van der Waals surface area contributed by atoms with Crippen molar-refractivity contribution in [1.82, 2.24) is 15.6 Å². The predicted molar refractivity (Wildman–Crippen MR) is 90.5 cm³/mol. The fourth-order valence-electron chi connectivity index (χ4n) is 1.77. The summed E-state index contributed by atoms with van der Waals surface area (Å²) < 4.78 is 0. The van der Waals surface area contributed by atoms with Crippen LogP contribution in [0.2, 0.25) is 0 Å². The van der Waals surface area contributed by atoms with Crippen LogP contribution in [0.25, 0.3) is 0 Å². The minimum Gasteiger partial charge on any atom is -0.370 e. The van der Waals surface area contributed by atoms with Crippen molar-refractivity contribution in [3.63, 3.8) is 0 Å². The van der Waals surface area contributed by atoms with Crippen molar-refractivity contribution in [2.45, 2.75) is 26.2 Å². The number of hydrogen-bond acceptors (Lipinski definition) is 4. The number of rotatable bonds is 7. The van der Waals surface area contributed by atoms with Crippen molar-refractivity contribution in [2.75, 3.05) is 18.9 Å². The molecule has 112 valence electrons. The van der Waals surface area contributed by atoms with Gasteiger partial charge in [0.15, 0.2) is 16.2 Å². The smallest absolute Gasteiger partial charge is 0.370 e. The Morgan fingerprint density at radius 2 is 2.40 bits per heavy atom. The van der Waals surface area contributed by atoms with Crippen molar-refractivity contribution >= 4 is 39.8 Å². The molecule has 1 aromatic rings. The molecule has 1 rings (SSSR count). The summed E-state index contributed by atoms with van der Waals surface area (Å²) in [5.41, 5.74) is 6.31. The van der Waals surface area contributed by atoms with Crippen molar-refractivity contribution in [2.24, 2.45) is 11.7 Å². The van der Waals surface area contributed by atoms with E-state index in [0.717, 1.165) is 31.5 Å². The van der Waals surface area contributed by atoms with Crippen molar-refractivity contribution < 1.29 is 1.43 Å². The summed E-state index contributed by atoms with van der Waals surface area (Å²) in [7, 11) is 1.81. The SMILES string of the molecule is CNC(=S)NCCCC(C)Cc1csc(NC(=N)N)n1.[H+]. The molecule has 0 bridgehead atoms. The van der Waals surface area contributed by atoms with Crippen LogP contribution in [0.1, 0.15) is 26.9 Å². The lowest BCUT2D eigenvalue weighted by atomic mass is 10.0. The lowest BCUT2D eigenvalue weighted by Crippen LogP contribution is -2.33. The number of aromatic nitrogens is 1. The largest absolute Gasteiger partial charge is 1.00 e. The zero-order valence-electron chi connectivity index (χ0n) is 12.8. The highest BCUT2D eigenvalue weighted by Gasteiger charge is 2.08. The summed E-state index contributed by atoms with van der Waals surface area (Å²) in [6, 6.07) is 0. The molecule has 6 nitrogen and oxygen atoms in total. The zero-order chi connectivity index (χ0) is 15.0. The van der Waals surface area contributed by atoms with E-state index in [9.17, 15) is 0 Å². The molecule has 1 atom stereocenters. The van der Waals surface area contributed by atoms with Crippen LogP contribution >= 0.6 is 23.6 Å². The average Bonchev–Trinajstić information content (AvgIpc) is 2.80. The minimum atomic E-state index is -0.0782. The Morgan fingerprint density at radius 3 is 3.05 bits per heavy atom. The fourth-order valence-corrected chi connectivity index (χ4v) is 2.61. The van der Waals surface area contributed by atoms with E-state index in [4.69, 9.17) is 23.4 Å². The molecule has 0 saturated heterocycles. The van der Waals surface area contributed by atoms with Crippen LogP contribution in [0.15, 0.2) is 5.38 Å². The number of anilines is 1. The van der Waals surface area contributed by atoms with Gasteiger partial charge in [-0.3, -0.25) is 5.41 Å². The highest BCUT2D eigenvalue weighted by Crippen LogP contribution is 2.19. The first-order valence-electron chi connectivity index (χ1n) is 6.52. The summed E-state index contributed by atoms with van der Waals surface area (Å²) in [6.45, 7) is 3.10. The van der Waals surface area contributed by atoms with Gasteiger partial charge in [0, 0.05) is 19.0 Å². The minimum absolute atomic E-state index is 0. The van der Waals surface area contributed by atoms with E-state index in [2.05, 4.69) is 27.9 Å². The molecule has 0 radical (unpaired) electrons. The molecule has 1 aromatic heterocycles. The van der Waals surface area contributed by atoms with Crippen LogP contribution in [-0.4, -0.2) is 29.6 Å². The van der Waals surface area contributed by atoms with Crippen LogP contribution < -0.4 is 21.7 Å². The monoisotopic (exact) mass is 315 g/mol. The molecular formula is C12H23N6S2+. The number of guanidine groups is 1. The molecule has 6 N–H and O–H groups in total. The Bertz CT molecular complexity index is 451. The van der Waals surface area contributed by atoms with Crippen LogP contribution in [0.4, 0.5) is 5.13 Å². The first-order valence-corrected chi connectivity index (χ1v) is 7.81. The fraction of sp³-hybridized carbons (Fsp3) is 0.583. The first-order chi connectivity index (χ1) is 9.51. The molecule has 0 aliphatic rings. The number of nitrogens with two attached hydrogens (primary N) is 1. The lowest BCUT2D eigenvalue weighted by Gasteiger charge is -2.11. The molecule has 1 unspecified atom stereocenters. The van der Waals surface area contributed by atoms with E-state index < -0.39 is 0 Å². The topological polar surface area (TPSA) is 98.8 Å². The average molecular weight is 315 g/mol. The Morgan fingerprint density at radius 1 is 1.65 bits per heavy atom. The third-order valence-corrected chi connectivity index (χ3v) is 3.89. The maximum absolute atomic E-state index is 7.16. The summed E-state index contributed by atoms with van der Waals surface area (Å²) in [4.78, 5) is 4.40. The van der Waals surface area contributed by atoms with E-state index >= 15 is 0 Å². The Kier molecular flexibility index (Phi) is 7.24. The first kappa shape index (κ1) is 16.6. The van der Waals surface area contributed by atoms with Crippen molar-refractivity contribution in [3.8, 4) is 0 Å². The Labute approximate surface area is 130 Å². The second kappa shape index (κ2) is 8.70. The molecule has 1 heterocycles. The Hall–Kier alpha value is -1.41. The molecule has 0 aromatic carbocycles. The van der Waals surface area contributed by atoms with Gasteiger partial charge in [-0.2, -0.15) is 0 Å². The van der Waals surface area contributed by atoms with E-state index in [0.29, 0.717) is 16.2 Å². The maximum Gasteiger partial charge on any atom is 1.00 e. The van der Waals surface area contributed by atoms with E-state index in [-0.39, 0.29) is 7.39 Å². The highest BCUT2D eigenvalue weighted by atomic mass is 32.1. The molecule has 8 heteroatoms. The number of nitrogens with one attached hydrogen (secondary N) is 4. The number of hydrogen-bond donors (Lipinski definition) is 5. The van der Waals surface area contributed by atoms with Gasteiger partial charge in [0.05, 0.1) is 5.69 Å². The summed E-state index contributed by atoms with van der Waals surface area (Å²) in [6.07, 6.45) is 3.13. The summed E-state index contributed by atoms with van der Waals surface area (Å²) in [5, 5.41) is 19.3. The normalized spacial score (nSPS) is 11.7. The van der Waals surface area contributed by atoms with Crippen LogP contribution in [-0.2, 0) is 6.42 Å². The molecule has 0 spiro atoms. The predicted octanol–water partition coefficient (Wildman–Crippen LogP) is 1.61. The maximum atomic E-state index is 7.16. The van der Waals surface area contributed by atoms with Crippen LogP contribution in [0.5, 0.6) is 0 Å². The highest BCUT2D eigenvalue weighted by molar-refractivity contribution is 7.80.